The lowest BCUT2D eigenvalue weighted by molar-refractivity contribution is -0.133. The van der Waals surface area contributed by atoms with E-state index in [0.717, 1.165) is 82.7 Å². The van der Waals surface area contributed by atoms with Crippen LogP contribution in [0, 0.1) is 11.8 Å². The van der Waals surface area contributed by atoms with Crippen LogP contribution >= 0.6 is 24.8 Å². The van der Waals surface area contributed by atoms with Crippen molar-refractivity contribution in [3.8, 4) is 0 Å². The van der Waals surface area contributed by atoms with Gasteiger partial charge < -0.3 is 10.6 Å². The number of carbonyl (C=O) groups is 1. The monoisotopic (exact) mass is 409 g/mol. The molecule has 26 heavy (non-hydrogen) atoms. The highest BCUT2D eigenvalue weighted by Gasteiger charge is 2.30. The highest BCUT2D eigenvalue weighted by molar-refractivity contribution is 5.85. The molecule has 1 heterocycles. The quantitative estimate of drug-likeness (QED) is 0.613. The second-order valence-corrected chi connectivity index (χ2v) is 8.18. The average Bonchev–Trinajstić information content (AvgIpc) is 2.61. The summed E-state index contributed by atoms with van der Waals surface area (Å²) >= 11 is 0. The van der Waals surface area contributed by atoms with Gasteiger partial charge in [-0.3, -0.25) is 9.69 Å². The molecule has 1 saturated heterocycles. The summed E-state index contributed by atoms with van der Waals surface area (Å²) in [7, 11) is 0. The molecule has 1 saturated carbocycles. The zero-order valence-electron chi connectivity index (χ0n) is 16.8. The highest BCUT2D eigenvalue weighted by atomic mass is 35.5. The molecular weight excluding hydrogens is 369 g/mol. The molecule has 0 aromatic carbocycles. The van der Waals surface area contributed by atoms with Crippen molar-refractivity contribution in [3.05, 3.63) is 0 Å². The lowest BCUT2D eigenvalue weighted by Gasteiger charge is -2.42. The van der Waals surface area contributed by atoms with E-state index in [9.17, 15) is 4.79 Å². The number of hydrogen-bond donors (Lipinski definition) is 1. The molecule has 0 aromatic heterocycles. The maximum absolute atomic E-state index is 12.3. The second-order valence-electron chi connectivity index (χ2n) is 8.18. The molecule has 0 atom stereocenters. The van der Waals surface area contributed by atoms with E-state index in [0.29, 0.717) is 5.91 Å². The van der Waals surface area contributed by atoms with E-state index < -0.39 is 0 Å². The molecule has 0 aromatic rings. The van der Waals surface area contributed by atoms with E-state index in [4.69, 9.17) is 5.73 Å². The van der Waals surface area contributed by atoms with Crippen molar-refractivity contribution < 1.29 is 4.79 Å². The fourth-order valence-corrected chi connectivity index (χ4v) is 4.40. The van der Waals surface area contributed by atoms with Crippen molar-refractivity contribution in [1.29, 1.82) is 0 Å². The summed E-state index contributed by atoms with van der Waals surface area (Å²) in [5, 5.41) is 0. The van der Waals surface area contributed by atoms with E-state index in [1.165, 1.54) is 25.7 Å². The summed E-state index contributed by atoms with van der Waals surface area (Å²) in [6, 6.07) is 0.772. The first-order valence-corrected chi connectivity index (χ1v) is 10.3. The number of nitrogens with two attached hydrogens (primary N) is 1. The van der Waals surface area contributed by atoms with Gasteiger partial charge in [0.05, 0.1) is 0 Å². The van der Waals surface area contributed by atoms with Gasteiger partial charge in [0.2, 0.25) is 5.91 Å². The van der Waals surface area contributed by atoms with Crippen LogP contribution in [0.5, 0.6) is 0 Å². The van der Waals surface area contributed by atoms with Crippen molar-refractivity contribution in [2.24, 2.45) is 17.6 Å². The van der Waals surface area contributed by atoms with Crippen LogP contribution < -0.4 is 5.73 Å². The summed E-state index contributed by atoms with van der Waals surface area (Å²) < 4.78 is 0. The first kappa shape index (κ1) is 26.0. The lowest BCUT2D eigenvalue weighted by Crippen LogP contribution is -2.52. The normalized spacial score (nSPS) is 24.1. The zero-order valence-corrected chi connectivity index (χ0v) is 18.5. The molecule has 2 aliphatic rings. The van der Waals surface area contributed by atoms with Crippen LogP contribution in [0.2, 0.25) is 0 Å². The highest BCUT2D eigenvalue weighted by Crippen LogP contribution is 2.32. The molecule has 1 aliphatic carbocycles. The zero-order chi connectivity index (χ0) is 17.4. The number of piperazine rings is 1. The Hall–Kier alpha value is -0.0300. The summed E-state index contributed by atoms with van der Waals surface area (Å²) in [5.41, 5.74) is 5.50. The molecule has 0 bridgehead atoms. The Morgan fingerprint density at radius 1 is 0.923 bits per heavy atom. The number of halogens is 2. The second kappa shape index (κ2) is 14.0. The number of nitrogens with zero attached hydrogens (tertiary/aromatic N) is 2. The third-order valence-electron chi connectivity index (χ3n) is 6.21. The smallest absolute Gasteiger partial charge is 0.222 e. The van der Waals surface area contributed by atoms with E-state index in [1.807, 2.05) is 0 Å². The lowest BCUT2D eigenvalue weighted by atomic mass is 9.79. The van der Waals surface area contributed by atoms with Crippen LogP contribution in [0.4, 0.5) is 0 Å². The minimum Gasteiger partial charge on any atom is -0.340 e. The van der Waals surface area contributed by atoms with Crippen LogP contribution in [0.1, 0.15) is 71.6 Å². The van der Waals surface area contributed by atoms with Gasteiger partial charge in [-0.25, -0.2) is 0 Å². The molecule has 2 rings (SSSR count). The van der Waals surface area contributed by atoms with Crippen LogP contribution in [-0.2, 0) is 4.79 Å². The van der Waals surface area contributed by atoms with Crippen LogP contribution in [-0.4, -0.2) is 54.5 Å². The van der Waals surface area contributed by atoms with Crippen molar-refractivity contribution in [2.75, 3.05) is 32.7 Å². The van der Waals surface area contributed by atoms with Crippen molar-refractivity contribution >= 4 is 30.7 Å². The Labute approximate surface area is 173 Å². The number of amides is 1. The maximum Gasteiger partial charge on any atom is 0.222 e. The van der Waals surface area contributed by atoms with Gasteiger partial charge >= 0.3 is 0 Å². The number of carbonyl (C=O) groups excluding carboxylic acids is 1. The maximum atomic E-state index is 12.3. The Kier molecular flexibility index (Phi) is 14.0. The first-order valence-electron chi connectivity index (χ1n) is 10.3. The minimum atomic E-state index is 0. The van der Waals surface area contributed by atoms with Gasteiger partial charge in [0.25, 0.3) is 0 Å². The van der Waals surface area contributed by atoms with Crippen molar-refractivity contribution in [2.45, 2.75) is 77.7 Å². The average molecular weight is 410 g/mol. The molecule has 2 N–H and O–H groups in total. The van der Waals surface area contributed by atoms with Gasteiger partial charge in [0, 0.05) is 38.6 Å². The van der Waals surface area contributed by atoms with Gasteiger partial charge in [-0.2, -0.15) is 0 Å². The SMILES string of the molecule is CC(C)C1CCC(N2CCN(C(=O)CCCCCCN)CC2)CC1.Cl.Cl. The molecule has 1 amide bonds. The standard InChI is InChI=1S/C20H39N3O.2ClH/c1-17(2)18-8-10-19(11-9-18)22-13-15-23(16-14-22)20(24)7-5-3-4-6-12-21;;/h17-19H,3-16,21H2,1-2H3;2*1H. The van der Waals surface area contributed by atoms with Crippen molar-refractivity contribution in [1.82, 2.24) is 9.80 Å². The molecular formula is C20H41Cl2N3O. The molecule has 2 fully saturated rings. The van der Waals surface area contributed by atoms with Crippen LogP contribution in [0.25, 0.3) is 0 Å². The van der Waals surface area contributed by atoms with Gasteiger partial charge in [-0.1, -0.05) is 26.7 Å². The molecule has 4 nitrogen and oxygen atoms in total. The molecule has 156 valence electrons. The number of hydrogen-bond acceptors (Lipinski definition) is 3. The Bertz CT molecular complexity index is 366. The molecule has 0 spiro atoms. The Morgan fingerprint density at radius 3 is 2.04 bits per heavy atom. The topological polar surface area (TPSA) is 49.6 Å². The number of rotatable bonds is 8. The summed E-state index contributed by atoms with van der Waals surface area (Å²) in [4.78, 5) is 17.1. The third kappa shape index (κ3) is 8.33. The minimum absolute atomic E-state index is 0. The van der Waals surface area contributed by atoms with E-state index in [2.05, 4.69) is 23.6 Å². The fourth-order valence-electron chi connectivity index (χ4n) is 4.40. The van der Waals surface area contributed by atoms with Gasteiger partial charge in [0.15, 0.2) is 0 Å². The van der Waals surface area contributed by atoms with Gasteiger partial charge in [-0.15, -0.1) is 24.8 Å². The Balaban J connectivity index is 0.00000312. The predicted octanol–water partition coefficient (Wildman–Crippen LogP) is 4.10. The molecule has 0 radical (unpaired) electrons. The summed E-state index contributed by atoms with van der Waals surface area (Å²) in [5.74, 6) is 2.14. The van der Waals surface area contributed by atoms with Gasteiger partial charge in [-0.05, 0) is 56.9 Å². The largest absolute Gasteiger partial charge is 0.340 e. The molecule has 0 unspecified atom stereocenters. The summed E-state index contributed by atoms with van der Waals surface area (Å²) in [6.45, 7) is 9.54. The van der Waals surface area contributed by atoms with Crippen LogP contribution in [0.15, 0.2) is 0 Å². The summed E-state index contributed by atoms with van der Waals surface area (Å²) in [6.07, 6.45) is 10.7. The number of unbranched alkanes of at least 4 members (excludes halogenated alkanes) is 3. The van der Waals surface area contributed by atoms with E-state index in [-0.39, 0.29) is 24.8 Å². The van der Waals surface area contributed by atoms with Crippen molar-refractivity contribution in [3.63, 3.8) is 0 Å². The third-order valence-corrected chi connectivity index (χ3v) is 6.21. The van der Waals surface area contributed by atoms with E-state index in [1.54, 1.807) is 0 Å². The fraction of sp³-hybridized carbons (Fsp3) is 0.950. The molecule has 6 heteroatoms. The van der Waals surface area contributed by atoms with E-state index >= 15 is 0 Å². The van der Waals surface area contributed by atoms with Gasteiger partial charge in [0.1, 0.15) is 0 Å². The first-order chi connectivity index (χ1) is 11.6. The van der Waals surface area contributed by atoms with Crippen LogP contribution in [0.3, 0.4) is 0 Å². The Morgan fingerprint density at radius 2 is 1.50 bits per heavy atom. The predicted molar refractivity (Wildman–Crippen MR) is 115 cm³/mol. The molecule has 1 aliphatic heterocycles.